The van der Waals surface area contributed by atoms with Gasteiger partial charge < -0.3 is 45.9 Å². The molecule has 0 heterocycles. The Labute approximate surface area is 128 Å². The number of benzene rings is 2. The van der Waals surface area contributed by atoms with E-state index >= 15 is 0 Å². The summed E-state index contributed by atoms with van der Waals surface area (Å²) in [7, 11) is 0. The first-order valence-corrected chi connectivity index (χ1v) is 6.56. The van der Waals surface area contributed by atoms with E-state index in [0.29, 0.717) is 45.0 Å². The minimum absolute atomic E-state index is 0.241. The first kappa shape index (κ1) is 15.2. The van der Waals surface area contributed by atoms with Crippen LogP contribution in [-0.4, -0.2) is 0 Å². The second-order valence-electron chi connectivity index (χ2n) is 5.31. The largest absolute Gasteiger partial charge is 0.397 e. The lowest BCUT2D eigenvalue weighted by Crippen LogP contribution is -2.12. The first-order chi connectivity index (χ1) is 10.1. The molecule has 0 fully saturated rings. The number of hydrogen-bond acceptors (Lipinski definition) is 8. The Balaban J connectivity index is 3.03. The zero-order chi connectivity index (χ0) is 16.9. The highest BCUT2D eigenvalue weighted by atomic mass is 14.8. The second kappa shape index (κ2) is 4.69. The third kappa shape index (κ3) is 1.77. The van der Waals surface area contributed by atoms with Crippen molar-refractivity contribution in [2.45, 2.75) is 13.8 Å². The Hall–Kier alpha value is -3.16. The summed E-state index contributed by atoms with van der Waals surface area (Å²) in [5, 5.41) is 0. The molecule has 0 bridgehead atoms. The maximum absolute atomic E-state index is 6.11. The molecule has 0 aromatic heterocycles. The lowest BCUT2D eigenvalue weighted by molar-refractivity contribution is 1.44. The van der Waals surface area contributed by atoms with E-state index in [2.05, 4.69) is 0 Å². The number of rotatable bonds is 1. The Morgan fingerprint density at radius 2 is 0.545 bits per heavy atom. The van der Waals surface area contributed by atoms with E-state index in [-0.39, 0.29) is 22.7 Å². The first-order valence-electron chi connectivity index (χ1n) is 6.56. The van der Waals surface area contributed by atoms with Crippen molar-refractivity contribution in [2.24, 2.45) is 0 Å². The molecule has 0 aliphatic carbocycles. The van der Waals surface area contributed by atoms with Crippen molar-refractivity contribution in [1.82, 2.24) is 0 Å². The SMILES string of the molecule is Cc1c(N)c(N)c(-c2c(N)c(N)c(C)c(N)c2N)c(N)c1N. The van der Waals surface area contributed by atoms with Crippen LogP contribution >= 0.6 is 0 Å². The Kier molecular flexibility index (Phi) is 3.25. The minimum Gasteiger partial charge on any atom is -0.397 e. The molecule has 16 N–H and O–H groups in total. The van der Waals surface area contributed by atoms with Crippen LogP contribution in [0.3, 0.4) is 0 Å². The summed E-state index contributed by atoms with van der Waals surface area (Å²) in [5.41, 5.74) is 52.5. The van der Waals surface area contributed by atoms with Gasteiger partial charge in [0.2, 0.25) is 0 Å². The van der Waals surface area contributed by atoms with Gasteiger partial charge >= 0.3 is 0 Å². The van der Waals surface area contributed by atoms with Crippen molar-refractivity contribution in [3.63, 3.8) is 0 Å². The molecule has 0 aliphatic rings. The number of nitrogen functional groups attached to an aromatic ring is 8. The molecule has 0 saturated carbocycles. The lowest BCUT2D eigenvalue weighted by atomic mass is 9.91. The van der Waals surface area contributed by atoms with E-state index in [9.17, 15) is 0 Å². The molecular weight excluding hydrogens is 280 g/mol. The fraction of sp³-hybridized carbons (Fsp3) is 0.143. The fourth-order valence-electron chi connectivity index (χ4n) is 2.47. The van der Waals surface area contributed by atoms with Crippen LogP contribution in [0.15, 0.2) is 0 Å². The quantitative estimate of drug-likeness (QED) is 0.349. The molecule has 8 nitrogen and oxygen atoms in total. The van der Waals surface area contributed by atoms with E-state index in [0.717, 1.165) is 0 Å². The average molecular weight is 302 g/mol. The Bertz CT molecular complexity index is 669. The van der Waals surface area contributed by atoms with Crippen molar-refractivity contribution in [3.8, 4) is 11.1 Å². The smallest absolute Gasteiger partial charge is 0.0654 e. The van der Waals surface area contributed by atoms with Crippen LogP contribution in [-0.2, 0) is 0 Å². The van der Waals surface area contributed by atoms with Crippen molar-refractivity contribution in [2.75, 3.05) is 45.9 Å². The summed E-state index contributed by atoms with van der Waals surface area (Å²) < 4.78 is 0. The number of anilines is 8. The summed E-state index contributed by atoms with van der Waals surface area (Å²) in [4.78, 5) is 0. The van der Waals surface area contributed by atoms with Crippen LogP contribution < -0.4 is 45.9 Å². The molecule has 0 saturated heterocycles. The van der Waals surface area contributed by atoms with Gasteiger partial charge in [0.1, 0.15) is 0 Å². The van der Waals surface area contributed by atoms with Gasteiger partial charge in [-0.25, -0.2) is 0 Å². The van der Waals surface area contributed by atoms with Crippen molar-refractivity contribution in [3.05, 3.63) is 11.1 Å². The number of nitrogens with two attached hydrogens (primary N) is 8. The molecule has 2 rings (SSSR count). The van der Waals surface area contributed by atoms with E-state index in [1.807, 2.05) is 0 Å². The topological polar surface area (TPSA) is 208 Å². The van der Waals surface area contributed by atoms with Gasteiger partial charge in [0, 0.05) is 11.1 Å². The Morgan fingerprint density at radius 3 is 0.727 bits per heavy atom. The fourth-order valence-corrected chi connectivity index (χ4v) is 2.47. The summed E-state index contributed by atoms with van der Waals surface area (Å²) in [5.74, 6) is 0. The minimum atomic E-state index is 0.241. The Morgan fingerprint density at radius 1 is 0.364 bits per heavy atom. The van der Waals surface area contributed by atoms with Gasteiger partial charge in [-0.3, -0.25) is 0 Å². The molecular formula is C14H22N8. The van der Waals surface area contributed by atoms with Crippen LogP contribution in [0.1, 0.15) is 11.1 Å². The summed E-state index contributed by atoms with van der Waals surface area (Å²) >= 11 is 0. The van der Waals surface area contributed by atoms with Crippen LogP contribution in [0.5, 0.6) is 0 Å². The highest BCUT2D eigenvalue weighted by Gasteiger charge is 2.23. The molecule has 8 heteroatoms. The molecule has 0 aliphatic heterocycles. The molecule has 118 valence electrons. The van der Waals surface area contributed by atoms with Crippen LogP contribution in [0.4, 0.5) is 45.5 Å². The van der Waals surface area contributed by atoms with E-state index < -0.39 is 0 Å². The highest BCUT2D eigenvalue weighted by Crippen LogP contribution is 2.50. The molecule has 2 aromatic rings. The summed E-state index contributed by atoms with van der Waals surface area (Å²) in [6, 6.07) is 0. The molecule has 0 unspecified atom stereocenters. The van der Waals surface area contributed by atoms with Gasteiger partial charge in [0.25, 0.3) is 0 Å². The maximum Gasteiger partial charge on any atom is 0.0654 e. The predicted molar refractivity (Wildman–Crippen MR) is 96.7 cm³/mol. The summed E-state index contributed by atoms with van der Waals surface area (Å²) in [6.07, 6.45) is 0. The third-order valence-electron chi connectivity index (χ3n) is 4.10. The predicted octanol–water partition coefficient (Wildman–Crippen LogP) is 0.628. The maximum atomic E-state index is 6.11. The van der Waals surface area contributed by atoms with Crippen molar-refractivity contribution in [1.29, 1.82) is 0 Å². The van der Waals surface area contributed by atoms with Crippen molar-refractivity contribution < 1.29 is 0 Å². The number of hydrogen-bond donors (Lipinski definition) is 8. The second-order valence-corrected chi connectivity index (χ2v) is 5.31. The average Bonchev–Trinajstić information content (AvgIpc) is 2.50. The van der Waals surface area contributed by atoms with Crippen molar-refractivity contribution >= 4 is 45.5 Å². The standard InChI is InChI=1S/C14H22N8/c1-3-7(15)11(19)5(12(20)8(3)16)6-13(21)9(17)4(2)10(18)14(6)22/h15-22H2,1-2H3. The van der Waals surface area contributed by atoms with Gasteiger partial charge in [-0.15, -0.1) is 0 Å². The molecule has 22 heavy (non-hydrogen) atoms. The highest BCUT2D eigenvalue weighted by molar-refractivity contribution is 6.10. The van der Waals surface area contributed by atoms with Gasteiger partial charge in [-0.2, -0.15) is 0 Å². The van der Waals surface area contributed by atoms with Gasteiger partial charge in [0.05, 0.1) is 45.5 Å². The van der Waals surface area contributed by atoms with Gasteiger partial charge in [-0.1, -0.05) is 0 Å². The van der Waals surface area contributed by atoms with Crippen LogP contribution in [0, 0.1) is 13.8 Å². The van der Waals surface area contributed by atoms with Gasteiger partial charge in [0.15, 0.2) is 0 Å². The van der Waals surface area contributed by atoms with E-state index in [1.165, 1.54) is 0 Å². The lowest BCUT2D eigenvalue weighted by Gasteiger charge is -2.22. The van der Waals surface area contributed by atoms with E-state index in [1.54, 1.807) is 13.8 Å². The normalized spacial score (nSPS) is 10.8. The zero-order valence-electron chi connectivity index (χ0n) is 12.6. The molecule has 0 amide bonds. The molecule has 2 aromatic carbocycles. The van der Waals surface area contributed by atoms with E-state index in [4.69, 9.17) is 45.9 Å². The third-order valence-corrected chi connectivity index (χ3v) is 4.10. The zero-order valence-corrected chi connectivity index (χ0v) is 12.6. The van der Waals surface area contributed by atoms with Crippen LogP contribution in [0.2, 0.25) is 0 Å². The monoisotopic (exact) mass is 302 g/mol. The summed E-state index contributed by atoms with van der Waals surface area (Å²) in [6.45, 7) is 3.46. The molecule has 0 radical (unpaired) electrons. The van der Waals surface area contributed by atoms with Crippen LogP contribution in [0.25, 0.3) is 11.1 Å². The molecule has 0 atom stereocenters. The molecule has 0 spiro atoms. The van der Waals surface area contributed by atoms with Gasteiger partial charge in [-0.05, 0) is 25.0 Å².